The molecule has 37 rings (SSSR count). The van der Waals surface area contributed by atoms with Gasteiger partial charge in [-0.05, 0) is 242 Å². The summed E-state index contributed by atoms with van der Waals surface area (Å²) in [7, 11) is 0. The number of nitriles is 3. The Bertz CT molecular complexity index is 11200. The summed E-state index contributed by atoms with van der Waals surface area (Å²) in [6.45, 7) is 0.198. The average Bonchev–Trinajstić information content (AvgIpc) is 1.65. The number of benzene rings is 23. The zero-order valence-corrected chi connectivity index (χ0v) is 81.9. The molecule has 646 valence electrons. The van der Waals surface area contributed by atoms with Gasteiger partial charge in [-0.25, -0.2) is 0 Å². The molecule has 0 spiro atoms. The molecule has 6 aliphatic heterocycles. The first-order valence-corrected chi connectivity index (χ1v) is 55.0. The highest BCUT2D eigenvalue weighted by atomic mass is 32.1. The van der Waals surface area contributed by atoms with Crippen LogP contribution >= 0.6 is 90.7 Å². The van der Waals surface area contributed by atoms with Crippen LogP contribution in [-0.4, -0.2) is 20.1 Å². The minimum absolute atomic E-state index is 0.00229. The lowest BCUT2D eigenvalue weighted by Crippen LogP contribution is -2.57. The van der Waals surface area contributed by atoms with Crippen LogP contribution in [0.3, 0.4) is 0 Å². The zero-order chi connectivity index (χ0) is 92.8. The lowest BCUT2D eigenvalue weighted by atomic mass is 9.31. The van der Waals surface area contributed by atoms with E-state index in [9.17, 15) is 15.8 Å². The third kappa shape index (κ3) is 9.93. The maximum Gasteiger partial charge on any atom is 0.244 e. The second-order valence-corrected chi connectivity index (χ2v) is 48.0. The molecule has 0 radical (unpaired) electrons. The van der Waals surface area contributed by atoms with Gasteiger partial charge in [0.2, 0.25) is 20.1 Å². The largest absolute Gasteiger partial charge is 0.244 e. The molecule has 0 amide bonds. The number of hydrogen-bond donors (Lipinski definition) is 0. The molecular formula is C129H58B3N3S8. The summed E-state index contributed by atoms with van der Waals surface area (Å²) < 4.78 is 21.3. The summed E-state index contributed by atoms with van der Waals surface area (Å²) in [5.74, 6) is 0. The summed E-state index contributed by atoms with van der Waals surface area (Å²) in [5, 5.41) is 68.6. The third-order valence-corrected chi connectivity index (χ3v) is 42.0. The van der Waals surface area contributed by atoms with Crippen molar-refractivity contribution in [2.24, 2.45) is 0 Å². The molecule has 0 saturated heterocycles. The molecule has 0 bridgehead atoms. The van der Waals surface area contributed by atoms with Gasteiger partial charge in [0.1, 0.15) is 0 Å². The van der Waals surface area contributed by atoms with Gasteiger partial charge >= 0.3 is 0 Å². The molecule has 14 heterocycles. The fourth-order valence-corrected chi connectivity index (χ4v) is 37.2. The number of fused-ring (bicyclic) bond motifs is 44. The van der Waals surface area contributed by atoms with Gasteiger partial charge in [-0.1, -0.05) is 280 Å². The van der Waals surface area contributed by atoms with E-state index in [1.54, 1.807) is 0 Å². The molecule has 0 N–H and O–H groups in total. The van der Waals surface area contributed by atoms with Crippen molar-refractivity contribution in [2.75, 3.05) is 0 Å². The van der Waals surface area contributed by atoms with Crippen molar-refractivity contribution in [3.05, 3.63) is 369 Å². The molecule has 6 aliphatic rings. The first kappa shape index (κ1) is 77.8. The van der Waals surface area contributed by atoms with E-state index >= 15 is 0 Å². The van der Waals surface area contributed by atoms with Gasteiger partial charge in [0, 0.05) is 172 Å². The van der Waals surface area contributed by atoms with Crippen LogP contribution in [0.5, 0.6) is 0 Å². The Morgan fingerprint density at radius 2 is 0.434 bits per heavy atom. The molecule has 0 saturated carbocycles. The first-order valence-electron chi connectivity index (χ1n) is 48.5. The number of nitrogens with zero attached hydrogens (tertiary/aromatic N) is 3. The van der Waals surface area contributed by atoms with Gasteiger partial charge in [-0.15, -0.1) is 90.7 Å². The van der Waals surface area contributed by atoms with Gasteiger partial charge in [0.15, 0.2) is 0 Å². The van der Waals surface area contributed by atoms with Gasteiger partial charge in [0.05, 0.1) is 34.9 Å². The zero-order valence-electron chi connectivity index (χ0n) is 75.3. The topological polar surface area (TPSA) is 71.4 Å². The number of rotatable bonds is 0. The summed E-state index contributed by atoms with van der Waals surface area (Å²) >= 11 is 15.3. The van der Waals surface area contributed by atoms with Crippen LogP contribution < -0.4 is 49.2 Å². The predicted molar refractivity (Wildman–Crippen MR) is 628 cm³/mol. The Morgan fingerprint density at radius 1 is 0.161 bits per heavy atom. The number of hydrogen-bond acceptors (Lipinski definition) is 11. The van der Waals surface area contributed by atoms with Gasteiger partial charge in [-0.2, -0.15) is 15.8 Å². The van der Waals surface area contributed by atoms with Gasteiger partial charge < -0.3 is 0 Å². The van der Waals surface area contributed by atoms with Crippen molar-refractivity contribution in [3.63, 3.8) is 0 Å². The second-order valence-electron chi connectivity index (χ2n) is 39.4. The summed E-state index contributed by atoms with van der Waals surface area (Å²) in [5.41, 5.74) is 29.3. The van der Waals surface area contributed by atoms with Crippen LogP contribution in [0.2, 0.25) is 0 Å². The Hall–Kier alpha value is -16.0. The molecule has 0 atom stereocenters. The third-order valence-electron chi connectivity index (χ3n) is 32.7. The van der Waals surface area contributed by atoms with E-state index in [0.29, 0.717) is 5.56 Å². The van der Waals surface area contributed by atoms with Crippen LogP contribution in [0.4, 0.5) is 0 Å². The lowest BCUT2D eigenvalue weighted by Gasteiger charge is -2.35. The lowest BCUT2D eigenvalue weighted by molar-refractivity contribution is 1.49. The summed E-state index contributed by atoms with van der Waals surface area (Å²) in [4.78, 5) is 0. The fraction of sp³-hybridized carbons (Fsp3) is 0. The second kappa shape index (κ2) is 27.8. The number of thiophene rings is 8. The van der Waals surface area contributed by atoms with E-state index in [4.69, 9.17) is 0 Å². The van der Waals surface area contributed by atoms with E-state index in [0.717, 1.165) is 11.1 Å². The minimum Gasteiger partial charge on any atom is -0.192 e. The minimum atomic E-state index is -0.00229. The standard InChI is InChI=1S/C51H22BNS4.2C39H18BNS2/c53-23-24-17-31-29-19-33-25-9-1-5-13-39(25)54-48(33)45-43(29)37(21-35-27-11-3-7-15-41(27)56-50(35)45)52-38-22-36-28-12-4-8-16-42(28)57-51(36)46-44(38)30(32(18-24)47(31)52)20-34-26-10-2-6-14-40(26)55-49(34)46;41-19-20-15-25-37-33-21(17-31-35(37)23-9-1-3-13-29(23)42-31)7-5-11-27(33)40-28-12-6-8-22-18-32-36(24-10-2-4-14-30(24)43-32)38(34(22)28)26(16-20)39(25)40;41-19-20-15-27-21-9-5-11-25-35(21)29(17-33-37(25)23-7-1-3-13-31(23)42-33)40-30-18-34-38(24-8-2-4-14-32(24)43-34)26-12-6-10-22(36(26)30)28(16-20)39(27)40/h1-22H;2*1-18H. The first-order chi connectivity index (χ1) is 70.8. The van der Waals surface area contributed by atoms with E-state index in [1.165, 1.54) is 342 Å². The molecule has 23 aromatic carbocycles. The highest BCUT2D eigenvalue weighted by Gasteiger charge is 2.46. The van der Waals surface area contributed by atoms with Crippen molar-refractivity contribution in [3.8, 4) is 85.0 Å². The molecule has 0 fully saturated rings. The summed E-state index contributed by atoms with van der Waals surface area (Å²) in [6, 6.07) is 139. The monoisotopic (exact) mass is 1940 g/mol. The molecule has 0 unspecified atom stereocenters. The van der Waals surface area contributed by atoms with Gasteiger partial charge in [0.25, 0.3) is 0 Å². The Kier molecular flexibility index (Phi) is 15.2. The maximum absolute atomic E-state index is 10.8. The SMILES string of the molecule is N#Cc1cc2c3c(c1)-c1c4c(cccc4cc4sc5ccccc5c14)B3c1cccc3cc4sc5ccccc5c4c-2c13.N#Cc1cc2c3c(c1)-c1cc4c5ccccc5sc4c4c1c(cc1c5ccccc5sc14)B3c1cc3c4ccccc4sc3c3c1c-2cc1c2ccccc2sc13.N#Cc1cc2c3c(c1)-c1cccc4c1c(cc1sc5ccccc5c14)B3c1cc3sc4ccccc4c3c3cccc-2c13. The van der Waals surface area contributed by atoms with E-state index < -0.39 is 0 Å². The van der Waals surface area contributed by atoms with E-state index in [1.807, 2.05) is 90.7 Å². The fourth-order valence-electron chi connectivity index (χ4n) is 27.5. The average molecular weight is 1940 g/mol. The van der Waals surface area contributed by atoms with Gasteiger partial charge in [-0.3, -0.25) is 0 Å². The summed E-state index contributed by atoms with van der Waals surface area (Å²) in [6.07, 6.45) is 0. The molecule has 8 aromatic heterocycles. The predicted octanol–water partition coefficient (Wildman–Crippen LogP) is 32.0. The van der Waals surface area contributed by atoms with Crippen molar-refractivity contribution in [1.29, 1.82) is 15.8 Å². The molecule has 143 heavy (non-hydrogen) atoms. The Morgan fingerprint density at radius 3 is 0.790 bits per heavy atom. The highest BCUT2D eigenvalue weighted by Crippen LogP contribution is 2.58. The normalized spacial score (nSPS) is 13.1. The highest BCUT2D eigenvalue weighted by molar-refractivity contribution is 7.32. The molecule has 14 heteroatoms. The van der Waals surface area contributed by atoms with Crippen molar-refractivity contribution >= 4 is 386 Å². The molecular weight excluding hydrogens is 1880 g/mol. The Labute approximate surface area is 847 Å². The van der Waals surface area contributed by atoms with Crippen molar-refractivity contribution < 1.29 is 0 Å². The van der Waals surface area contributed by atoms with Crippen LogP contribution in [0, 0.1) is 34.0 Å². The van der Waals surface area contributed by atoms with E-state index in [2.05, 4.69) is 370 Å². The Balaban J connectivity index is 0.0000000927. The molecule has 0 aliphatic carbocycles. The maximum atomic E-state index is 10.8. The molecule has 31 aromatic rings. The quantitative estimate of drug-likeness (QED) is 0.142. The van der Waals surface area contributed by atoms with Crippen LogP contribution in [-0.2, 0) is 0 Å². The van der Waals surface area contributed by atoms with Crippen molar-refractivity contribution in [2.45, 2.75) is 0 Å². The van der Waals surface area contributed by atoms with Crippen LogP contribution in [0.15, 0.2) is 352 Å². The van der Waals surface area contributed by atoms with E-state index in [-0.39, 0.29) is 20.1 Å². The van der Waals surface area contributed by atoms with Crippen molar-refractivity contribution in [1.82, 2.24) is 0 Å². The molecule has 3 nitrogen and oxygen atoms in total. The smallest absolute Gasteiger partial charge is 0.192 e. The van der Waals surface area contributed by atoms with Crippen LogP contribution in [0.1, 0.15) is 16.7 Å². The van der Waals surface area contributed by atoms with Crippen LogP contribution in [0.25, 0.3) is 293 Å².